The lowest BCUT2D eigenvalue weighted by molar-refractivity contribution is 0.585. The van der Waals surface area contributed by atoms with Crippen LogP contribution >= 0.6 is 0 Å². The van der Waals surface area contributed by atoms with Crippen molar-refractivity contribution >= 4 is 10.0 Å². The summed E-state index contributed by atoms with van der Waals surface area (Å²) in [7, 11) is -3.31. The number of nitrogens with zero attached hydrogens (tertiary/aromatic N) is 1. The van der Waals surface area contributed by atoms with E-state index in [9.17, 15) is 8.42 Å². The summed E-state index contributed by atoms with van der Waals surface area (Å²) >= 11 is 0. The van der Waals surface area contributed by atoms with E-state index in [1.54, 1.807) is 13.1 Å². The highest BCUT2D eigenvalue weighted by Gasteiger charge is 2.16. The second kappa shape index (κ2) is 4.37. The van der Waals surface area contributed by atoms with E-state index in [1.165, 1.54) is 3.97 Å². The molecule has 0 spiro atoms. The third-order valence-corrected chi connectivity index (χ3v) is 4.29. The van der Waals surface area contributed by atoms with E-state index in [-0.39, 0.29) is 5.75 Å². The molecule has 17 heavy (non-hydrogen) atoms. The van der Waals surface area contributed by atoms with Crippen molar-refractivity contribution in [3.05, 3.63) is 59.4 Å². The lowest BCUT2D eigenvalue weighted by atomic mass is 10.2. The Morgan fingerprint density at radius 1 is 1.12 bits per heavy atom. The van der Waals surface area contributed by atoms with Crippen LogP contribution < -0.4 is 0 Å². The van der Waals surface area contributed by atoms with Crippen LogP contribution in [0.4, 0.5) is 0 Å². The summed E-state index contributed by atoms with van der Waals surface area (Å²) in [6, 6.07) is 11.1. The molecule has 0 radical (unpaired) electrons. The van der Waals surface area contributed by atoms with Gasteiger partial charge < -0.3 is 0 Å². The number of aromatic nitrogens is 1. The molecule has 0 saturated carbocycles. The van der Waals surface area contributed by atoms with Crippen molar-refractivity contribution in [1.82, 2.24) is 3.97 Å². The largest absolute Gasteiger partial charge is 0.250 e. The first-order valence-corrected chi connectivity index (χ1v) is 7.03. The Hall–Kier alpha value is -1.55. The summed E-state index contributed by atoms with van der Waals surface area (Å²) in [5, 5.41) is 0. The Morgan fingerprint density at radius 3 is 2.29 bits per heavy atom. The maximum absolute atomic E-state index is 12.2. The van der Waals surface area contributed by atoms with Crippen LogP contribution in [0.5, 0.6) is 0 Å². The van der Waals surface area contributed by atoms with Gasteiger partial charge in [-0.3, -0.25) is 0 Å². The minimum absolute atomic E-state index is 0.0306. The van der Waals surface area contributed by atoms with Gasteiger partial charge in [0.15, 0.2) is 0 Å². The van der Waals surface area contributed by atoms with Crippen molar-refractivity contribution < 1.29 is 8.42 Å². The van der Waals surface area contributed by atoms with Crippen molar-refractivity contribution in [2.45, 2.75) is 19.6 Å². The predicted octanol–water partition coefficient (Wildman–Crippen LogP) is 2.48. The number of rotatable bonds is 3. The van der Waals surface area contributed by atoms with Crippen LogP contribution in [0.25, 0.3) is 0 Å². The lowest BCUT2D eigenvalue weighted by Crippen LogP contribution is -2.15. The fraction of sp³-hybridized carbons (Fsp3) is 0.231. The van der Waals surface area contributed by atoms with E-state index in [2.05, 4.69) is 0 Å². The third-order valence-electron chi connectivity index (χ3n) is 2.60. The van der Waals surface area contributed by atoms with E-state index < -0.39 is 10.0 Å². The Bertz CT molecular complexity index is 612. The molecule has 0 fully saturated rings. The highest BCUT2D eigenvalue weighted by atomic mass is 32.2. The molecule has 0 unspecified atom stereocenters. The average Bonchev–Trinajstić information content (AvgIpc) is 2.59. The number of hydrogen-bond acceptors (Lipinski definition) is 2. The highest BCUT2D eigenvalue weighted by molar-refractivity contribution is 7.89. The molecule has 0 aliphatic heterocycles. The molecule has 0 atom stereocenters. The van der Waals surface area contributed by atoms with E-state index in [0.29, 0.717) is 0 Å². The van der Waals surface area contributed by atoms with Crippen molar-refractivity contribution in [3.63, 3.8) is 0 Å². The summed E-state index contributed by atoms with van der Waals surface area (Å²) in [6.07, 6.45) is 1.66. The second-order valence-electron chi connectivity index (χ2n) is 4.20. The molecule has 0 saturated heterocycles. The molecule has 0 amide bonds. The Balaban J connectivity index is 2.35. The first-order chi connectivity index (χ1) is 7.99. The SMILES string of the molecule is Cc1cc(C)n(S(=O)(=O)Cc2ccccc2)c1. The molecule has 0 bridgehead atoms. The average molecular weight is 249 g/mol. The van der Waals surface area contributed by atoms with Crippen LogP contribution in [-0.4, -0.2) is 12.4 Å². The van der Waals surface area contributed by atoms with Gasteiger partial charge in [-0.25, -0.2) is 12.4 Å². The van der Waals surface area contributed by atoms with Crippen molar-refractivity contribution in [3.8, 4) is 0 Å². The predicted molar refractivity (Wildman–Crippen MR) is 68.4 cm³/mol. The van der Waals surface area contributed by atoms with Crippen LogP contribution in [0.1, 0.15) is 16.8 Å². The van der Waals surface area contributed by atoms with Gasteiger partial charge in [0.1, 0.15) is 0 Å². The minimum Gasteiger partial charge on any atom is -0.250 e. The molecule has 1 heterocycles. The van der Waals surface area contributed by atoms with Crippen LogP contribution in [0.2, 0.25) is 0 Å². The van der Waals surface area contributed by atoms with Gasteiger partial charge in [-0.2, -0.15) is 0 Å². The monoisotopic (exact) mass is 249 g/mol. The van der Waals surface area contributed by atoms with Gasteiger partial charge in [-0.05, 0) is 31.0 Å². The molecule has 0 aliphatic carbocycles. The fourth-order valence-corrected chi connectivity index (χ4v) is 3.44. The zero-order valence-corrected chi connectivity index (χ0v) is 10.7. The standard InChI is InChI=1S/C13H15NO2S/c1-11-8-12(2)14(9-11)17(15,16)10-13-6-4-3-5-7-13/h3-9H,10H2,1-2H3. The molecule has 4 heteroatoms. The lowest BCUT2D eigenvalue weighted by Gasteiger charge is -2.07. The van der Waals surface area contributed by atoms with Gasteiger partial charge in [0.05, 0.1) is 5.75 Å². The Labute approximate surface area is 102 Å². The highest BCUT2D eigenvalue weighted by Crippen LogP contribution is 2.14. The molecule has 2 rings (SSSR count). The topological polar surface area (TPSA) is 39.1 Å². The van der Waals surface area contributed by atoms with E-state index in [0.717, 1.165) is 16.8 Å². The first kappa shape index (κ1) is 11.9. The van der Waals surface area contributed by atoms with Gasteiger partial charge >= 0.3 is 0 Å². The molecular weight excluding hydrogens is 234 g/mol. The van der Waals surface area contributed by atoms with E-state index in [1.807, 2.05) is 43.3 Å². The summed E-state index contributed by atoms with van der Waals surface area (Å²) in [5.41, 5.74) is 2.51. The quantitative estimate of drug-likeness (QED) is 0.838. The number of benzene rings is 1. The van der Waals surface area contributed by atoms with Gasteiger partial charge in [-0.1, -0.05) is 30.3 Å². The summed E-state index contributed by atoms with van der Waals surface area (Å²) < 4.78 is 25.8. The summed E-state index contributed by atoms with van der Waals surface area (Å²) in [6.45, 7) is 3.69. The van der Waals surface area contributed by atoms with Crippen molar-refractivity contribution in [2.75, 3.05) is 0 Å². The minimum atomic E-state index is -3.31. The maximum Gasteiger partial charge on any atom is 0.242 e. The molecule has 3 nitrogen and oxygen atoms in total. The van der Waals surface area contributed by atoms with Crippen molar-refractivity contribution in [2.24, 2.45) is 0 Å². The molecule has 0 N–H and O–H groups in total. The van der Waals surface area contributed by atoms with Crippen LogP contribution in [0, 0.1) is 13.8 Å². The summed E-state index contributed by atoms with van der Waals surface area (Å²) in [4.78, 5) is 0. The molecule has 1 aromatic heterocycles. The zero-order chi connectivity index (χ0) is 12.5. The van der Waals surface area contributed by atoms with E-state index >= 15 is 0 Å². The number of hydrogen-bond donors (Lipinski definition) is 0. The molecule has 0 aliphatic rings. The molecule has 90 valence electrons. The second-order valence-corrected chi connectivity index (χ2v) is 6.04. The smallest absolute Gasteiger partial charge is 0.242 e. The van der Waals surface area contributed by atoms with Gasteiger partial charge in [-0.15, -0.1) is 0 Å². The Kier molecular flexibility index (Phi) is 3.07. The normalized spacial score (nSPS) is 11.6. The van der Waals surface area contributed by atoms with Gasteiger partial charge in [0.2, 0.25) is 10.0 Å². The Morgan fingerprint density at radius 2 is 1.76 bits per heavy atom. The number of aryl methyl sites for hydroxylation is 2. The fourth-order valence-electron chi connectivity index (χ4n) is 1.87. The maximum atomic E-state index is 12.2. The molecule has 2 aromatic rings. The van der Waals surface area contributed by atoms with E-state index in [4.69, 9.17) is 0 Å². The molecular formula is C13H15NO2S. The summed E-state index contributed by atoms with van der Waals surface area (Å²) in [5.74, 6) is 0.0306. The van der Waals surface area contributed by atoms with Gasteiger partial charge in [0, 0.05) is 11.9 Å². The van der Waals surface area contributed by atoms with Crippen LogP contribution in [0.15, 0.2) is 42.6 Å². The zero-order valence-electron chi connectivity index (χ0n) is 9.92. The van der Waals surface area contributed by atoms with Gasteiger partial charge in [0.25, 0.3) is 0 Å². The van der Waals surface area contributed by atoms with Crippen molar-refractivity contribution in [1.29, 1.82) is 0 Å². The first-order valence-electron chi connectivity index (χ1n) is 5.42. The van der Waals surface area contributed by atoms with Crippen LogP contribution in [0.3, 0.4) is 0 Å². The van der Waals surface area contributed by atoms with Crippen LogP contribution in [-0.2, 0) is 15.8 Å². The molecule has 1 aromatic carbocycles. The third kappa shape index (κ3) is 2.58.